The predicted molar refractivity (Wildman–Crippen MR) is 63.0 cm³/mol. The minimum Gasteiger partial charge on any atom is -0.312 e. The monoisotopic (exact) mass is 256 g/mol. The summed E-state index contributed by atoms with van der Waals surface area (Å²) in [5.41, 5.74) is 0.706. The molecule has 1 N–H and O–H groups in total. The summed E-state index contributed by atoms with van der Waals surface area (Å²) in [6, 6.07) is 3.33. The minimum absolute atomic E-state index is 0.0252. The van der Waals surface area contributed by atoms with E-state index < -0.39 is 10.0 Å². The van der Waals surface area contributed by atoms with Crippen LogP contribution in [0.3, 0.4) is 0 Å². The Bertz CT molecular complexity index is 486. The first kappa shape index (κ1) is 12.4. The molecule has 0 amide bonds. The second-order valence-electron chi connectivity index (χ2n) is 4.23. The lowest BCUT2D eigenvalue weighted by Crippen LogP contribution is -2.51. The van der Waals surface area contributed by atoms with Crippen LogP contribution in [0.5, 0.6) is 0 Å². The van der Waals surface area contributed by atoms with E-state index in [1.54, 1.807) is 13.0 Å². The first-order valence-corrected chi connectivity index (χ1v) is 6.98. The standard InChI is InChI=1S/C10H16N4O2S/c1-8-3-4-10(13-12-8)17(15,16)14-6-5-11-9(2)7-14/h3-4,9,11H,5-7H2,1-2H3/t9-/m0/s1. The van der Waals surface area contributed by atoms with Gasteiger partial charge in [-0.05, 0) is 26.0 Å². The van der Waals surface area contributed by atoms with Crippen LogP contribution in [0, 0.1) is 6.92 Å². The topological polar surface area (TPSA) is 75.2 Å². The molecule has 7 heteroatoms. The molecule has 0 bridgehead atoms. The largest absolute Gasteiger partial charge is 0.312 e. The molecule has 6 nitrogen and oxygen atoms in total. The third-order valence-electron chi connectivity index (χ3n) is 2.71. The highest BCUT2D eigenvalue weighted by atomic mass is 32.2. The number of nitrogens with one attached hydrogen (secondary N) is 1. The van der Waals surface area contributed by atoms with Crippen molar-refractivity contribution in [2.75, 3.05) is 19.6 Å². The Morgan fingerprint density at radius 1 is 1.41 bits per heavy atom. The fourth-order valence-electron chi connectivity index (χ4n) is 1.77. The molecular weight excluding hydrogens is 240 g/mol. The van der Waals surface area contributed by atoms with Crippen molar-refractivity contribution in [2.45, 2.75) is 24.9 Å². The lowest BCUT2D eigenvalue weighted by Gasteiger charge is -2.30. The van der Waals surface area contributed by atoms with Crippen LogP contribution in [0.1, 0.15) is 12.6 Å². The Morgan fingerprint density at radius 3 is 2.76 bits per heavy atom. The van der Waals surface area contributed by atoms with Gasteiger partial charge >= 0.3 is 0 Å². The van der Waals surface area contributed by atoms with E-state index in [0.29, 0.717) is 25.3 Å². The number of aromatic nitrogens is 2. The van der Waals surface area contributed by atoms with Crippen molar-refractivity contribution in [3.8, 4) is 0 Å². The van der Waals surface area contributed by atoms with Crippen LogP contribution in [-0.4, -0.2) is 48.6 Å². The van der Waals surface area contributed by atoms with Crippen molar-refractivity contribution in [3.63, 3.8) is 0 Å². The molecule has 2 rings (SSSR count). The molecule has 0 spiro atoms. The molecule has 0 saturated carbocycles. The van der Waals surface area contributed by atoms with Crippen molar-refractivity contribution in [1.29, 1.82) is 0 Å². The number of sulfonamides is 1. The summed E-state index contributed by atoms with van der Waals surface area (Å²) in [5, 5.41) is 10.8. The SMILES string of the molecule is Cc1ccc(S(=O)(=O)N2CCN[C@@H](C)C2)nn1. The van der Waals surface area contributed by atoms with Gasteiger partial charge in [0.15, 0.2) is 5.03 Å². The molecular formula is C10H16N4O2S. The number of aryl methyl sites for hydroxylation is 1. The Morgan fingerprint density at radius 2 is 2.18 bits per heavy atom. The van der Waals surface area contributed by atoms with Gasteiger partial charge < -0.3 is 5.32 Å². The lowest BCUT2D eigenvalue weighted by atomic mass is 10.3. The maximum absolute atomic E-state index is 12.2. The van der Waals surface area contributed by atoms with Gasteiger partial charge in [0.1, 0.15) is 0 Å². The molecule has 2 heterocycles. The summed E-state index contributed by atoms with van der Waals surface area (Å²) in [5.74, 6) is 0. The molecule has 0 aromatic carbocycles. The summed E-state index contributed by atoms with van der Waals surface area (Å²) >= 11 is 0. The second-order valence-corrected chi connectivity index (χ2v) is 6.12. The highest BCUT2D eigenvalue weighted by molar-refractivity contribution is 7.89. The van der Waals surface area contributed by atoms with Gasteiger partial charge in [0.2, 0.25) is 0 Å². The quantitative estimate of drug-likeness (QED) is 0.791. The zero-order valence-electron chi connectivity index (χ0n) is 9.92. The highest BCUT2D eigenvalue weighted by Crippen LogP contribution is 2.14. The van der Waals surface area contributed by atoms with Crippen molar-refractivity contribution >= 4 is 10.0 Å². The van der Waals surface area contributed by atoms with Gasteiger partial charge in [-0.15, -0.1) is 5.10 Å². The van der Waals surface area contributed by atoms with E-state index in [0.717, 1.165) is 0 Å². The molecule has 1 aromatic rings. The summed E-state index contributed by atoms with van der Waals surface area (Å²) in [6.07, 6.45) is 0. The van der Waals surface area contributed by atoms with Crippen LogP contribution in [0.25, 0.3) is 0 Å². The smallest absolute Gasteiger partial charge is 0.262 e. The molecule has 94 valence electrons. The number of hydrogen-bond acceptors (Lipinski definition) is 5. The Balaban J connectivity index is 2.26. The van der Waals surface area contributed by atoms with Gasteiger partial charge in [-0.2, -0.15) is 9.40 Å². The summed E-state index contributed by atoms with van der Waals surface area (Å²) in [7, 11) is -3.49. The lowest BCUT2D eigenvalue weighted by molar-refractivity contribution is 0.309. The van der Waals surface area contributed by atoms with E-state index >= 15 is 0 Å². The molecule has 1 aromatic heterocycles. The molecule has 1 fully saturated rings. The average molecular weight is 256 g/mol. The number of hydrogen-bond donors (Lipinski definition) is 1. The maximum atomic E-state index is 12.2. The maximum Gasteiger partial charge on any atom is 0.262 e. The molecule has 0 unspecified atom stereocenters. The van der Waals surface area contributed by atoms with Crippen molar-refractivity contribution in [2.24, 2.45) is 0 Å². The Labute approximate surface area is 101 Å². The number of piperazine rings is 1. The first-order chi connectivity index (χ1) is 8.00. The minimum atomic E-state index is -3.49. The highest BCUT2D eigenvalue weighted by Gasteiger charge is 2.29. The van der Waals surface area contributed by atoms with Gasteiger partial charge in [0.05, 0.1) is 5.69 Å². The molecule has 17 heavy (non-hydrogen) atoms. The third kappa shape index (κ3) is 2.62. The number of nitrogens with zero attached hydrogens (tertiary/aromatic N) is 3. The van der Waals surface area contributed by atoms with Crippen LogP contribution in [-0.2, 0) is 10.0 Å². The van der Waals surface area contributed by atoms with E-state index in [4.69, 9.17) is 0 Å². The van der Waals surface area contributed by atoms with E-state index in [1.807, 2.05) is 6.92 Å². The van der Waals surface area contributed by atoms with Gasteiger partial charge in [0, 0.05) is 25.7 Å². The van der Waals surface area contributed by atoms with Gasteiger partial charge in [0.25, 0.3) is 10.0 Å². The zero-order chi connectivity index (χ0) is 12.5. The second kappa shape index (κ2) is 4.67. The van der Waals surface area contributed by atoms with Crippen molar-refractivity contribution in [1.82, 2.24) is 19.8 Å². The molecule has 1 atom stereocenters. The summed E-state index contributed by atoms with van der Waals surface area (Å²) in [4.78, 5) is 0. The molecule has 0 aliphatic carbocycles. The van der Waals surface area contributed by atoms with Crippen LogP contribution in [0.4, 0.5) is 0 Å². The van der Waals surface area contributed by atoms with E-state index in [1.165, 1.54) is 10.4 Å². The van der Waals surface area contributed by atoms with Crippen LogP contribution in [0.2, 0.25) is 0 Å². The van der Waals surface area contributed by atoms with E-state index in [2.05, 4.69) is 15.5 Å². The number of rotatable bonds is 2. The Kier molecular flexibility index (Phi) is 3.41. The van der Waals surface area contributed by atoms with Gasteiger partial charge in [-0.1, -0.05) is 0 Å². The average Bonchev–Trinajstić information content (AvgIpc) is 2.29. The normalized spacial score (nSPS) is 22.6. The zero-order valence-corrected chi connectivity index (χ0v) is 10.7. The van der Waals surface area contributed by atoms with E-state index in [9.17, 15) is 8.42 Å². The predicted octanol–water partition coefficient (Wildman–Crippen LogP) is -0.233. The molecule has 0 radical (unpaired) electrons. The van der Waals surface area contributed by atoms with Crippen molar-refractivity contribution in [3.05, 3.63) is 17.8 Å². The third-order valence-corrected chi connectivity index (χ3v) is 4.47. The fourth-order valence-corrected chi connectivity index (χ4v) is 3.17. The fraction of sp³-hybridized carbons (Fsp3) is 0.600. The van der Waals surface area contributed by atoms with Crippen LogP contribution >= 0.6 is 0 Å². The van der Waals surface area contributed by atoms with Crippen LogP contribution in [0.15, 0.2) is 17.2 Å². The molecule has 1 aliphatic heterocycles. The van der Waals surface area contributed by atoms with Gasteiger partial charge in [-0.3, -0.25) is 0 Å². The van der Waals surface area contributed by atoms with Gasteiger partial charge in [-0.25, -0.2) is 8.42 Å². The van der Waals surface area contributed by atoms with Crippen LogP contribution < -0.4 is 5.32 Å². The first-order valence-electron chi connectivity index (χ1n) is 5.54. The summed E-state index contributed by atoms with van der Waals surface area (Å²) < 4.78 is 25.9. The molecule has 1 saturated heterocycles. The van der Waals surface area contributed by atoms with E-state index in [-0.39, 0.29) is 11.1 Å². The van der Waals surface area contributed by atoms with Crippen molar-refractivity contribution < 1.29 is 8.42 Å². The molecule has 1 aliphatic rings. The Hall–Kier alpha value is -1.05. The summed E-state index contributed by atoms with van der Waals surface area (Å²) in [6.45, 7) is 5.35.